The summed E-state index contributed by atoms with van der Waals surface area (Å²) in [6.45, 7) is 2.23. The molecule has 0 aliphatic rings. The number of carbonyl (C=O) groups is 1. The first-order valence-corrected chi connectivity index (χ1v) is 8.61. The molecule has 4 aromatic rings. The first-order chi connectivity index (χ1) is 13.1. The van der Waals surface area contributed by atoms with Crippen LogP contribution in [-0.2, 0) is 11.3 Å². The number of fused-ring (bicyclic) bond motifs is 1. The summed E-state index contributed by atoms with van der Waals surface area (Å²) in [6, 6.07) is 20.5. The monoisotopic (exact) mass is 358 g/mol. The van der Waals surface area contributed by atoms with Gasteiger partial charge in [-0.15, -0.1) is 0 Å². The van der Waals surface area contributed by atoms with Gasteiger partial charge in [0.25, 0.3) is 5.56 Å². The molecule has 6 heteroatoms. The first kappa shape index (κ1) is 16.8. The summed E-state index contributed by atoms with van der Waals surface area (Å²) in [4.78, 5) is 23.7. The van der Waals surface area contributed by atoms with Crippen molar-refractivity contribution in [2.75, 3.05) is 5.32 Å². The van der Waals surface area contributed by atoms with E-state index in [2.05, 4.69) is 21.6 Å². The Balaban J connectivity index is 1.54. The zero-order chi connectivity index (χ0) is 18.8. The fraction of sp³-hybridized carbons (Fsp3) is 0.0952. The molecule has 0 aliphatic carbocycles. The highest BCUT2D eigenvalue weighted by molar-refractivity contribution is 5.93. The Morgan fingerprint density at radius 2 is 1.93 bits per heavy atom. The van der Waals surface area contributed by atoms with Gasteiger partial charge in [0.15, 0.2) is 0 Å². The van der Waals surface area contributed by atoms with E-state index in [1.807, 2.05) is 60.0 Å². The molecule has 0 unspecified atom stereocenters. The van der Waals surface area contributed by atoms with Gasteiger partial charge in [-0.1, -0.05) is 30.3 Å². The minimum absolute atomic E-state index is 0.106. The van der Waals surface area contributed by atoms with Crippen molar-refractivity contribution in [3.63, 3.8) is 0 Å². The van der Waals surface area contributed by atoms with Crippen LogP contribution < -0.4 is 10.9 Å². The molecule has 134 valence electrons. The molecule has 0 aliphatic heterocycles. The Morgan fingerprint density at radius 1 is 1.07 bits per heavy atom. The maximum absolute atomic E-state index is 12.6. The molecule has 2 heterocycles. The zero-order valence-electron chi connectivity index (χ0n) is 14.8. The topological polar surface area (TPSA) is 79.8 Å². The zero-order valence-corrected chi connectivity index (χ0v) is 14.8. The second kappa shape index (κ2) is 6.92. The molecule has 2 aromatic carbocycles. The third kappa shape index (κ3) is 3.50. The second-order valence-electron chi connectivity index (χ2n) is 6.37. The highest BCUT2D eigenvalue weighted by Gasteiger charge is 2.10. The van der Waals surface area contributed by atoms with Crippen LogP contribution in [0.15, 0.2) is 71.5 Å². The van der Waals surface area contributed by atoms with Crippen LogP contribution >= 0.6 is 0 Å². The molecule has 1 amide bonds. The van der Waals surface area contributed by atoms with E-state index >= 15 is 0 Å². The number of aromatic nitrogens is 3. The minimum Gasteiger partial charge on any atom is -0.335 e. The summed E-state index contributed by atoms with van der Waals surface area (Å²) >= 11 is 0. The van der Waals surface area contributed by atoms with Crippen LogP contribution in [0.1, 0.15) is 5.69 Å². The van der Waals surface area contributed by atoms with Crippen LogP contribution in [0.4, 0.5) is 5.69 Å². The lowest BCUT2D eigenvalue weighted by atomic mass is 10.1. The third-order valence-corrected chi connectivity index (χ3v) is 4.44. The van der Waals surface area contributed by atoms with Gasteiger partial charge >= 0.3 is 0 Å². The quantitative estimate of drug-likeness (QED) is 0.587. The Morgan fingerprint density at radius 3 is 2.74 bits per heavy atom. The van der Waals surface area contributed by atoms with Crippen molar-refractivity contribution in [1.29, 1.82) is 0 Å². The Bertz CT molecular complexity index is 1170. The van der Waals surface area contributed by atoms with Crippen molar-refractivity contribution in [1.82, 2.24) is 14.8 Å². The molecule has 4 rings (SSSR count). The number of nitrogens with one attached hydrogen (secondary N) is 2. The average Bonchev–Trinajstić information content (AvgIpc) is 2.98. The standard InChI is InChI=1S/C21H18N4O2/c1-14-11-16-5-2-3-8-19(16)25(14)13-21(27)22-17-7-4-6-15(12-17)18-9-10-20(26)24-23-18/h2-12H,13H2,1H3,(H,22,27)(H,24,26). The number of anilines is 1. The van der Waals surface area contributed by atoms with Crippen LogP contribution in [0.2, 0.25) is 0 Å². The van der Waals surface area contributed by atoms with Crippen molar-refractivity contribution in [3.05, 3.63) is 82.8 Å². The van der Waals surface area contributed by atoms with Crippen molar-refractivity contribution in [3.8, 4) is 11.3 Å². The predicted molar refractivity (Wildman–Crippen MR) is 106 cm³/mol. The molecule has 0 fully saturated rings. The third-order valence-electron chi connectivity index (χ3n) is 4.44. The van der Waals surface area contributed by atoms with Crippen LogP contribution in [0, 0.1) is 6.92 Å². The molecular weight excluding hydrogens is 340 g/mol. The highest BCUT2D eigenvalue weighted by Crippen LogP contribution is 2.21. The van der Waals surface area contributed by atoms with Gasteiger partial charge in [-0.2, -0.15) is 5.10 Å². The van der Waals surface area contributed by atoms with Crippen LogP contribution in [0.3, 0.4) is 0 Å². The number of aryl methyl sites for hydroxylation is 1. The molecule has 0 atom stereocenters. The molecule has 0 bridgehead atoms. The predicted octanol–water partition coefficient (Wildman–Crippen LogP) is 3.34. The molecule has 6 nitrogen and oxygen atoms in total. The number of nitrogens with zero attached hydrogens (tertiary/aromatic N) is 2. The average molecular weight is 358 g/mol. The SMILES string of the molecule is Cc1cc2ccccc2n1CC(=O)Nc1cccc(-c2ccc(=O)[nH]n2)c1. The van der Waals surface area contributed by atoms with E-state index in [9.17, 15) is 9.59 Å². The number of aromatic amines is 1. The lowest BCUT2D eigenvalue weighted by Crippen LogP contribution is -2.19. The summed E-state index contributed by atoms with van der Waals surface area (Å²) in [6.07, 6.45) is 0. The molecular formula is C21H18N4O2. The lowest BCUT2D eigenvalue weighted by Gasteiger charge is -2.10. The highest BCUT2D eigenvalue weighted by atomic mass is 16.2. The van der Waals surface area contributed by atoms with Gasteiger partial charge in [-0.3, -0.25) is 9.59 Å². The van der Waals surface area contributed by atoms with Gasteiger partial charge in [0, 0.05) is 28.5 Å². The Hall–Kier alpha value is -3.67. The van der Waals surface area contributed by atoms with Gasteiger partial charge < -0.3 is 9.88 Å². The maximum atomic E-state index is 12.6. The molecule has 0 saturated carbocycles. The molecule has 27 heavy (non-hydrogen) atoms. The molecule has 0 saturated heterocycles. The van der Waals surface area contributed by atoms with E-state index in [0.29, 0.717) is 11.4 Å². The fourth-order valence-corrected chi connectivity index (χ4v) is 3.16. The number of benzene rings is 2. The molecule has 0 radical (unpaired) electrons. The van der Waals surface area contributed by atoms with Crippen LogP contribution in [0.5, 0.6) is 0 Å². The number of amides is 1. The maximum Gasteiger partial charge on any atom is 0.264 e. The van der Waals surface area contributed by atoms with Crippen molar-refractivity contribution >= 4 is 22.5 Å². The number of carbonyl (C=O) groups excluding carboxylic acids is 1. The Labute approximate surface area is 155 Å². The smallest absolute Gasteiger partial charge is 0.264 e. The largest absolute Gasteiger partial charge is 0.335 e. The fourth-order valence-electron chi connectivity index (χ4n) is 3.16. The molecule has 2 N–H and O–H groups in total. The number of hydrogen-bond donors (Lipinski definition) is 2. The van der Waals surface area contributed by atoms with Gasteiger partial charge in [0.05, 0.1) is 5.69 Å². The first-order valence-electron chi connectivity index (χ1n) is 8.61. The number of H-pyrrole nitrogens is 1. The van der Waals surface area contributed by atoms with E-state index in [1.54, 1.807) is 6.07 Å². The summed E-state index contributed by atoms with van der Waals surface area (Å²) in [5.41, 5.74) is 3.95. The summed E-state index contributed by atoms with van der Waals surface area (Å²) in [5.74, 6) is -0.106. The summed E-state index contributed by atoms with van der Waals surface area (Å²) in [5, 5.41) is 10.5. The Kier molecular flexibility index (Phi) is 4.30. The van der Waals surface area contributed by atoms with E-state index in [0.717, 1.165) is 22.2 Å². The number of para-hydroxylation sites is 1. The van der Waals surface area contributed by atoms with Crippen molar-refractivity contribution < 1.29 is 4.79 Å². The molecule has 0 spiro atoms. The van der Waals surface area contributed by atoms with Gasteiger partial charge in [0.2, 0.25) is 5.91 Å². The van der Waals surface area contributed by atoms with Gasteiger partial charge in [0.1, 0.15) is 6.54 Å². The van der Waals surface area contributed by atoms with Crippen LogP contribution in [-0.4, -0.2) is 20.7 Å². The van der Waals surface area contributed by atoms with Crippen molar-refractivity contribution in [2.45, 2.75) is 13.5 Å². The number of hydrogen-bond acceptors (Lipinski definition) is 3. The van der Waals surface area contributed by atoms with E-state index in [1.165, 1.54) is 6.07 Å². The van der Waals surface area contributed by atoms with E-state index in [-0.39, 0.29) is 18.0 Å². The van der Waals surface area contributed by atoms with Crippen molar-refractivity contribution in [2.24, 2.45) is 0 Å². The van der Waals surface area contributed by atoms with Crippen LogP contribution in [0.25, 0.3) is 22.2 Å². The number of rotatable bonds is 4. The molecule has 2 aromatic heterocycles. The summed E-state index contributed by atoms with van der Waals surface area (Å²) in [7, 11) is 0. The second-order valence-corrected chi connectivity index (χ2v) is 6.37. The minimum atomic E-state index is -0.252. The van der Waals surface area contributed by atoms with E-state index < -0.39 is 0 Å². The summed E-state index contributed by atoms with van der Waals surface area (Å²) < 4.78 is 2.00. The van der Waals surface area contributed by atoms with Gasteiger partial charge in [-0.05, 0) is 42.6 Å². The van der Waals surface area contributed by atoms with Gasteiger partial charge in [-0.25, -0.2) is 5.10 Å². The normalized spacial score (nSPS) is 10.9. The lowest BCUT2D eigenvalue weighted by molar-refractivity contribution is -0.116. The van der Waals surface area contributed by atoms with E-state index in [4.69, 9.17) is 0 Å².